The van der Waals surface area contributed by atoms with Crippen LogP contribution >= 0.6 is 0 Å². The number of alkyl halides is 1. The second-order valence-electron chi connectivity index (χ2n) is 3.31. The van der Waals surface area contributed by atoms with Crippen LogP contribution in [0.5, 0.6) is 0 Å². The van der Waals surface area contributed by atoms with Crippen LogP contribution in [0.3, 0.4) is 0 Å². The minimum atomic E-state index is -2.60. The predicted octanol–water partition coefficient (Wildman–Crippen LogP) is -0.951. The van der Waals surface area contributed by atoms with Crippen molar-refractivity contribution in [3.05, 3.63) is 0 Å². The molecule has 0 aromatic carbocycles. The number of carbonyl (C=O) groups is 1. The van der Waals surface area contributed by atoms with Gasteiger partial charge in [-0.1, -0.05) is 13.3 Å². The van der Waals surface area contributed by atoms with Gasteiger partial charge in [0.15, 0.2) is 0 Å². The van der Waals surface area contributed by atoms with E-state index in [0.29, 0.717) is 0 Å². The molecule has 1 heterocycles. The van der Waals surface area contributed by atoms with E-state index in [2.05, 4.69) is 5.32 Å². The van der Waals surface area contributed by atoms with Crippen molar-refractivity contribution in [2.75, 3.05) is 6.61 Å². The lowest BCUT2D eigenvalue weighted by molar-refractivity contribution is -0.125. The molecule has 68 valence electrons. The summed E-state index contributed by atoms with van der Waals surface area (Å²) >= 11 is 0. The first-order chi connectivity index (χ1) is 5.90. The summed E-state index contributed by atoms with van der Waals surface area (Å²) in [5, 5.41) is 9.56. The van der Waals surface area contributed by atoms with E-state index in [0.717, 1.165) is 0 Å². The van der Waals surface area contributed by atoms with Crippen LogP contribution in [-0.4, -0.2) is 44.9 Å². The molecule has 1 aliphatic rings. The second kappa shape index (κ2) is 3.01. The number of rotatable bonds is 2. The van der Waals surface area contributed by atoms with Gasteiger partial charge in [-0.2, -0.15) is 0 Å². The van der Waals surface area contributed by atoms with Crippen molar-refractivity contribution in [3.63, 3.8) is 0 Å². The van der Waals surface area contributed by atoms with Crippen LogP contribution in [0.1, 0.15) is 13.3 Å². The highest BCUT2D eigenvalue weighted by Gasteiger charge is 2.58. The lowest BCUT2D eigenvalue weighted by atomic mass is 9.49. The van der Waals surface area contributed by atoms with E-state index in [1.807, 2.05) is 0 Å². The molecule has 0 aromatic rings. The van der Waals surface area contributed by atoms with E-state index in [1.54, 1.807) is 6.92 Å². The average Bonchev–Trinajstić information content (AvgIpc) is 2.26. The van der Waals surface area contributed by atoms with Gasteiger partial charge in [-0.25, -0.2) is 4.39 Å². The highest BCUT2D eigenvalue weighted by molar-refractivity contribution is 6.37. The Morgan fingerprint density at radius 1 is 1.69 bits per heavy atom. The van der Waals surface area contributed by atoms with Crippen molar-refractivity contribution in [2.24, 2.45) is 0 Å². The molecule has 1 saturated heterocycles. The largest absolute Gasteiger partial charge is 0.394 e. The third-order valence-electron chi connectivity index (χ3n) is 2.70. The summed E-state index contributed by atoms with van der Waals surface area (Å²) in [5.74, 6) is -0.962. The summed E-state index contributed by atoms with van der Waals surface area (Å²) in [7, 11) is 10.8. The summed E-state index contributed by atoms with van der Waals surface area (Å²) in [6.45, 7) is 1.20. The zero-order valence-electron chi connectivity index (χ0n) is 7.38. The molecule has 13 heavy (non-hydrogen) atoms. The summed E-state index contributed by atoms with van der Waals surface area (Å²) < 4.78 is 13.6. The van der Waals surface area contributed by atoms with Crippen LogP contribution in [0.25, 0.3) is 0 Å². The van der Waals surface area contributed by atoms with Crippen LogP contribution in [0, 0.1) is 0 Å². The van der Waals surface area contributed by atoms with Crippen LogP contribution < -0.4 is 5.32 Å². The maximum absolute atomic E-state index is 13.6. The van der Waals surface area contributed by atoms with E-state index in [9.17, 15) is 9.18 Å². The Kier molecular flexibility index (Phi) is 2.45. The third-order valence-corrected chi connectivity index (χ3v) is 2.70. The van der Waals surface area contributed by atoms with Crippen molar-refractivity contribution in [1.29, 1.82) is 0 Å². The van der Waals surface area contributed by atoms with Gasteiger partial charge in [0.1, 0.15) is 13.4 Å². The van der Waals surface area contributed by atoms with Gasteiger partial charge < -0.3 is 10.4 Å². The molecule has 0 aromatic heterocycles. The van der Waals surface area contributed by atoms with Gasteiger partial charge in [0.05, 0.1) is 20.5 Å². The molecule has 6 heteroatoms. The maximum atomic E-state index is 13.6. The van der Waals surface area contributed by atoms with Gasteiger partial charge >= 0.3 is 0 Å². The molecule has 1 amide bonds. The number of aliphatic hydroxyl groups excluding tert-OH is 1. The molecule has 2 N–H and O–H groups in total. The molecule has 0 bridgehead atoms. The van der Waals surface area contributed by atoms with Gasteiger partial charge in [0.2, 0.25) is 5.91 Å². The molecule has 1 rings (SSSR count). The molecule has 0 spiro atoms. The molecule has 4 radical (unpaired) electrons. The smallest absolute Gasteiger partial charge is 0.247 e. The van der Waals surface area contributed by atoms with Crippen molar-refractivity contribution in [1.82, 2.24) is 5.32 Å². The number of aliphatic hydroxyl groups is 1. The topological polar surface area (TPSA) is 49.3 Å². The lowest BCUT2D eigenvalue weighted by Gasteiger charge is -2.35. The number of halogens is 1. The number of carbonyl (C=O) groups excluding carboxylic acids is 1. The van der Waals surface area contributed by atoms with Crippen molar-refractivity contribution >= 4 is 21.6 Å². The highest BCUT2D eigenvalue weighted by Crippen LogP contribution is 2.47. The fraction of sp³-hybridized carbons (Fsp3) is 0.857. The number of hydrogen-bond donors (Lipinski definition) is 2. The first-order valence-corrected chi connectivity index (χ1v) is 4.08. The van der Waals surface area contributed by atoms with Gasteiger partial charge in [-0.3, -0.25) is 4.79 Å². The Bertz CT molecular complexity index is 237. The van der Waals surface area contributed by atoms with Crippen LogP contribution in [-0.2, 0) is 4.79 Å². The Balaban J connectivity index is 3.06. The van der Waals surface area contributed by atoms with E-state index >= 15 is 0 Å². The minimum absolute atomic E-state index is 0.171. The lowest BCUT2D eigenvalue weighted by Crippen LogP contribution is -2.44. The standard InChI is InChI=1S/C7H10B2FNO2/c1-2-6(8)4(3-12)11-5(13)7(6,9)10/h4,12H,2-3H2,1H3,(H,11,13). The summed E-state index contributed by atoms with van der Waals surface area (Å²) in [6, 6.07) is -0.819. The van der Waals surface area contributed by atoms with Gasteiger partial charge in [-0.15, -0.1) is 0 Å². The monoisotopic (exact) mass is 181 g/mol. The van der Waals surface area contributed by atoms with E-state index in [1.165, 1.54) is 0 Å². The van der Waals surface area contributed by atoms with Gasteiger partial charge in [0.25, 0.3) is 0 Å². The number of nitrogens with one attached hydrogen (secondary N) is 1. The Morgan fingerprint density at radius 2 is 2.23 bits per heavy atom. The summed E-state index contributed by atoms with van der Waals surface area (Å²) in [6.07, 6.45) is 0.171. The Labute approximate surface area is 78.9 Å². The Hall–Kier alpha value is -0.510. The van der Waals surface area contributed by atoms with Crippen molar-refractivity contribution in [2.45, 2.75) is 30.3 Å². The third kappa shape index (κ3) is 1.19. The predicted molar refractivity (Wildman–Crippen MR) is 47.3 cm³/mol. The number of amides is 1. The summed E-state index contributed by atoms with van der Waals surface area (Å²) in [5.41, 5.74) is -2.60. The van der Waals surface area contributed by atoms with E-state index in [-0.39, 0.29) is 6.42 Å². The molecule has 3 unspecified atom stereocenters. The SMILES string of the molecule is [B]C1(F)C(=O)NC(CO)C1([B])CC. The second-order valence-corrected chi connectivity index (χ2v) is 3.31. The van der Waals surface area contributed by atoms with Gasteiger partial charge in [0, 0.05) is 0 Å². The highest BCUT2D eigenvalue weighted by atomic mass is 19.1. The Morgan fingerprint density at radius 3 is 2.54 bits per heavy atom. The van der Waals surface area contributed by atoms with Crippen LogP contribution in [0.2, 0.25) is 5.31 Å². The first-order valence-electron chi connectivity index (χ1n) is 4.08. The summed E-state index contributed by atoms with van der Waals surface area (Å²) in [4.78, 5) is 11.0. The average molecular weight is 181 g/mol. The van der Waals surface area contributed by atoms with Crippen molar-refractivity contribution in [3.8, 4) is 0 Å². The molecule has 0 saturated carbocycles. The normalized spacial score (nSPS) is 44.8. The minimum Gasteiger partial charge on any atom is -0.394 e. The van der Waals surface area contributed by atoms with Crippen molar-refractivity contribution < 1.29 is 14.3 Å². The molecule has 1 fully saturated rings. The quantitative estimate of drug-likeness (QED) is 0.539. The molecular formula is C7H10B2FNO2. The number of hydrogen-bond acceptors (Lipinski definition) is 2. The van der Waals surface area contributed by atoms with Crippen LogP contribution in [0.4, 0.5) is 4.39 Å². The molecular weight excluding hydrogens is 171 g/mol. The van der Waals surface area contributed by atoms with E-state index in [4.69, 9.17) is 20.8 Å². The molecule has 0 aliphatic carbocycles. The first kappa shape index (κ1) is 10.6. The fourth-order valence-corrected chi connectivity index (χ4v) is 1.57. The zero-order valence-corrected chi connectivity index (χ0v) is 7.38. The zero-order chi connectivity index (χ0) is 10.3. The maximum Gasteiger partial charge on any atom is 0.247 e. The van der Waals surface area contributed by atoms with Crippen LogP contribution in [0.15, 0.2) is 0 Å². The molecule has 3 atom stereocenters. The molecule has 3 nitrogen and oxygen atoms in total. The van der Waals surface area contributed by atoms with Gasteiger partial charge in [-0.05, 0) is 5.31 Å². The van der Waals surface area contributed by atoms with E-state index < -0.39 is 29.4 Å². The fourth-order valence-electron chi connectivity index (χ4n) is 1.57. The molecule has 1 aliphatic heterocycles.